The highest BCUT2D eigenvalue weighted by Crippen LogP contribution is 2.28. The first-order valence-electron chi connectivity index (χ1n) is 10.0. The lowest BCUT2D eigenvalue weighted by Crippen LogP contribution is -2.25. The Bertz CT molecular complexity index is 1290. The molecule has 1 aromatic carbocycles. The van der Waals surface area contributed by atoms with Gasteiger partial charge in [-0.3, -0.25) is 14.9 Å². The van der Waals surface area contributed by atoms with Gasteiger partial charge in [-0.15, -0.1) is 0 Å². The van der Waals surface area contributed by atoms with E-state index in [1.54, 1.807) is 38.1 Å². The van der Waals surface area contributed by atoms with E-state index in [2.05, 4.69) is 15.5 Å². The average Bonchev–Trinajstić information content (AvgIpc) is 3.26. The highest BCUT2D eigenvalue weighted by atomic mass is 16.6. The summed E-state index contributed by atoms with van der Waals surface area (Å²) in [5.41, 5.74) is 5.13. The Hall–Kier alpha value is -4.56. The predicted octanol–water partition coefficient (Wildman–Crippen LogP) is 3.41. The molecule has 11 nitrogen and oxygen atoms in total. The topological polar surface area (TPSA) is 153 Å². The highest BCUT2D eigenvalue weighted by Gasteiger charge is 2.15. The number of nitro groups is 1. The summed E-state index contributed by atoms with van der Waals surface area (Å²) in [6.07, 6.45) is 1.31. The fourth-order valence-electron chi connectivity index (χ4n) is 3.14. The van der Waals surface area contributed by atoms with Crippen LogP contribution in [0.4, 0.5) is 5.69 Å². The predicted molar refractivity (Wildman–Crippen MR) is 121 cm³/mol. The number of carbonyl (C=O) groups is 1. The van der Waals surface area contributed by atoms with Crippen LogP contribution in [0.1, 0.15) is 28.1 Å². The summed E-state index contributed by atoms with van der Waals surface area (Å²) < 4.78 is 16.2. The van der Waals surface area contributed by atoms with E-state index in [0.717, 1.165) is 0 Å². The molecule has 3 aromatic rings. The van der Waals surface area contributed by atoms with Gasteiger partial charge in [-0.1, -0.05) is 0 Å². The molecule has 0 aliphatic carbocycles. The lowest BCUT2D eigenvalue weighted by molar-refractivity contribution is -0.384. The van der Waals surface area contributed by atoms with Gasteiger partial charge in [0.25, 0.3) is 11.6 Å². The van der Waals surface area contributed by atoms with Gasteiger partial charge in [0.2, 0.25) is 5.88 Å². The molecule has 3 rings (SSSR count). The number of nitro benzene ring substituents is 1. The third-order valence-corrected chi connectivity index (χ3v) is 4.64. The third-order valence-electron chi connectivity index (χ3n) is 4.64. The molecule has 0 fully saturated rings. The molecule has 0 aliphatic heterocycles. The largest absolute Gasteiger partial charge is 0.467 e. The Kier molecular flexibility index (Phi) is 7.68. The number of rotatable bonds is 9. The molecule has 2 aromatic heterocycles. The van der Waals surface area contributed by atoms with Crippen LogP contribution in [0.5, 0.6) is 5.88 Å². The molecule has 0 atom stereocenters. The number of hydrogen-bond donors (Lipinski definition) is 1. The van der Waals surface area contributed by atoms with E-state index < -0.39 is 17.4 Å². The minimum absolute atomic E-state index is 0.00259. The number of aromatic nitrogens is 1. The van der Waals surface area contributed by atoms with Gasteiger partial charge < -0.3 is 13.9 Å². The first-order chi connectivity index (χ1) is 16.3. The number of non-ortho nitro benzene ring substituents is 1. The van der Waals surface area contributed by atoms with E-state index in [1.807, 2.05) is 6.07 Å². The molecule has 2 heterocycles. The molecular weight excluding hydrogens is 442 g/mol. The SMILES string of the molecule is COCc1cc(C)nc(OCC(=O)N/N=C\c2ccc(-c3ccc([N+](=O)[O-])cc3C)o2)c1C#N. The van der Waals surface area contributed by atoms with Crippen LogP contribution in [0.3, 0.4) is 0 Å². The second kappa shape index (κ2) is 10.8. The van der Waals surface area contributed by atoms with Crippen LogP contribution in [0.2, 0.25) is 0 Å². The molecule has 0 spiro atoms. The minimum Gasteiger partial charge on any atom is -0.467 e. The normalized spacial score (nSPS) is 10.8. The maximum atomic E-state index is 12.1. The van der Waals surface area contributed by atoms with Gasteiger partial charge >= 0.3 is 0 Å². The average molecular weight is 463 g/mol. The molecule has 174 valence electrons. The highest BCUT2D eigenvalue weighted by molar-refractivity contribution is 5.82. The summed E-state index contributed by atoms with van der Waals surface area (Å²) in [4.78, 5) is 26.7. The van der Waals surface area contributed by atoms with Crippen LogP contribution in [0, 0.1) is 35.3 Å². The zero-order valence-corrected chi connectivity index (χ0v) is 18.7. The van der Waals surface area contributed by atoms with E-state index >= 15 is 0 Å². The van der Waals surface area contributed by atoms with Crippen molar-refractivity contribution in [1.29, 1.82) is 5.26 Å². The van der Waals surface area contributed by atoms with Crippen molar-refractivity contribution in [2.75, 3.05) is 13.7 Å². The van der Waals surface area contributed by atoms with Crippen LogP contribution in [0.25, 0.3) is 11.3 Å². The molecule has 0 radical (unpaired) electrons. The quantitative estimate of drug-likeness (QED) is 0.288. The van der Waals surface area contributed by atoms with Crippen molar-refractivity contribution in [3.05, 3.63) is 74.7 Å². The fraction of sp³-hybridized carbons (Fsp3) is 0.217. The second-order valence-corrected chi connectivity index (χ2v) is 7.19. The van der Waals surface area contributed by atoms with Crippen molar-refractivity contribution in [2.24, 2.45) is 5.10 Å². The number of hydrazone groups is 1. The lowest BCUT2D eigenvalue weighted by atomic mass is 10.1. The van der Waals surface area contributed by atoms with E-state index in [9.17, 15) is 20.2 Å². The molecule has 0 saturated carbocycles. The first kappa shape index (κ1) is 24.1. The lowest BCUT2D eigenvalue weighted by Gasteiger charge is -2.10. The Morgan fingerprint density at radius 2 is 2.12 bits per heavy atom. The number of nitriles is 1. The zero-order valence-electron chi connectivity index (χ0n) is 18.7. The summed E-state index contributed by atoms with van der Waals surface area (Å²) in [5.74, 6) is 0.354. The summed E-state index contributed by atoms with van der Waals surface area (Å²) in [5, 5.41) is 24.1. The number of furan rings is 1. The molecule has 34 heavy (non-hydrogen) atoms. The fourth-order valence-corrected chi connectivity index (χ4v) is 3.14. The number of aryl methyl sites for hydroxylation is 2. The zero-order chi connectivity index (χ0) is 24.7. The summed E-state index contributed by atoms with van der Waals surface area (Å²) >= 11 is 0. The van der Waals surface area contributed by atoms with E-state index in [1.165, 1.54) is 25.5 Å². The van der Waals surface area contributed by atoms with Crippen molar-refractivity contribution in [3.8, 4) is 23.3 Å². The molecule has 11 heteroatoms. The van der Waals surface area contributed by atoms with Crippen molar-refractivity contribution >= 4 is 17.8 Å². The van der Waals surface area contributed by atoms with Gasteiger partial charge in [-0.25, -0.2) is 10.4 Å². The number of ether oxygens (including phenoxy) is 2. The number of amides is 1. The molecular formula is C23H21N5O6. The maximum absolute atomic E-state index is 12.1. The van der Waals surface area contributed by atoms with Crippen LogP contribution >= 0.6 is 0 Å². The van der Waals surface area contributed by atoms with Gasteiger partial charge in [-0.05, 0) is 43.7 Å². The summed E-state index contributed by atoms with van der Waals surface area (Å²) in [7, 11) is 1.51. The first-order valence-corrected chi connectivity index (χ1v) is 10.0. The van der Waals surface area contributed by atoms with Crippen molar-refractivity contribution < 1.29 is 23.6 Å². The molecule has 1 N–H and O–H groups in total. The molecule has 0 bridgehead atoms. The Labute approximate surface area is 194 Å². The van der Waals surface area contributed by atoms with Gasteiger partial charge in [0, 0.05) is 36.1 Å². The van der Waals surface area contributed by atoms with Gasteiger partial charge in [0.15, 0.2) is 6.61 Å². The number of pyridine rings is 1. The second-order valence-electron chi connectivity index (χ2n) is 7.19. The molecule has 0 unspecified atom stereocenters. The van der Waals surface area contributed by atoms with Crippen LogP contribution in [0.15, 0.2) is 45.9 Å². The Morgan fingerprint density at radius 1 is 1.32 bits per heavy atom. The van der Waals surface area contributed by atoms with Crippen LogP contribution < -0.4 is 10.2 Å². The van der Waals surface area contributed by atoms with E-state index in [-0.39, 0.29) is 23.7 Å². The van der Waals surface area contributed by atoms with Gasteiger partial charge in [0.05, 0.1) is 17.7 Å². The third kappa shape index (κ3) is 5.81. The smallest absolute Gasteiger partial charge is 0.278 e. The number of methoxy groups -OCH3 is 1. The Morgan fingerprint density at radius 3 is 2.79 bits per heavy atom. The van der Waals surface area contributed by atoms with Crippen LogP contribution in [-0.4, -0.2) is 35.7 Å². The summed E-state index contributed by atoms with van der Waals surface area (Å²) in [6, 6.07) is 11.6. The molecule has 0 aliphatic rings. The van der Waals surface area contributed by atoms with Crippen LogP contribution in [-0.2, 0) is 16.1 Å². The number of carbonyl (C=O) groups excluding carboxylic acids is 1. The van der Waals surface area contributed by atoms with Crippen molar-refractivity contribution in [2.45, 2.75) is 20.5 Å². The molecule has 0 saturated heterocycles. The molecule has 1 amide bonds. The van der Waals surface area contributed by atoms with Crippen molar-refractivity contribution in [3.63, 3.8) is 0 Å². The van der Waals surface area contributed by atoms with Crippen molar-refractivity contribution in [1.82, 2.24) is 10.4 Å². The number of nitrogens with one attached hydrogen (secondary N) is 1. The number of benzene rings is 1. The van der Waals surface area contributed by atoms with Gasteiger partial charge in [0.1, 0.15) is 23.2 Å². The standard InChI is InChI=1S/C23H21N5O6/c1-14-8-17(28(30)31)4-6-19(14)21-7-5-18(34-21)11-25-27-22(29)13-33-23-20(10-24)16(12-32-3)9-15(2)26-23/h4-9,11H,12-13H2,1-3H3,(H,27,29)/b25-11-. The minimum atomic E-state index is -0.560. The number of nitrogens with zero attached hydrogens (tertiary/aromatic N) is 4. The number of hydrogen-bond acceptors (Lipinski definition) is 9. The van der Waals surface area contributed by atoms with Gasteiger partial charge in [-0.2, -0.15) is 10.4 Å². The monoisotopic (exact) mass is 463 g/mol. The van der Waals surface area contributed by atoms with E-state index in [4.69, 9.17) is 13.9 Å². The summed E-state index contributed by atoms with van der Waals surface area (Å²) in [6.45, 7) is 3.30. The Balaban J connectivity index is 1.60. The van der Waals surface area contributed by atoms with E-state index in [0.29, 0.717) is 33.9 Å². The maximum Gasteiger partial charge on any atom is 0.278 e.